The Balaban J connectivity index is 1.65. The summed E-state index contributed by atoms with van der Waals surface area (Å²) in [6.45, 7) is 0. The van der Waals surface area contributed by atoms with Crippen LogP contribution in [0.25, 0.3) is 11.3 Å². The van der Waals surface area contributed by atoms with Crippen molar-refractivity contribution in [3.63, 3.8) is 0 Å². The Morgan fingerprint density at radius 3 is 2.65 bits per heavy atom. The van der Waals surface area contributed by atoms with Gasteiger partial charge in [0.1, 0.15) is 5.75 Å². The summed E-state index contributed by atoms with van der Waals surface area (Å²) in [6.07, 6.45) is 0. The van der Waals surface area contributed by atoms with E-state index in [1.54, 1.807) is 30.3 Å². The number of halogens is 1. The van der Waals surface area contributed by atoms with Crippen molar-refractivity contribution in [2.45, 2.75) is 0 Å². The molecule has 2 aromatic carbocycles. The number of para-hydroxylation sites is 2. The van der Waals surface area contributed by atoms with Gasteiger partial charge in [0.05, 0.1) is 18.5 Å². The van der Waals surface area contributed by atoms with E-state index in [0.717, 1.165) is 11.3 Å². The largest absolute Gasteiger partial charge is 0.495 e. The molecule has 3 aromatic rings. The molecule has 0 aliphatic carbocycles. The van der Waals surface area contributed by atoms with Crippen LogP contribution in [0, 0.1) is 0 Å². The number of rotatable bonds is 6. The first-order chi connectivity index (χ1) is 12.7. The second kappa shape index (κ2) is 8.17. The van der Waals surface area contributed by atoms with Gasteiger partial charge in [-0.3, -0.25) is 15.3 Å². The first-order valence-corrected chi connectivity index (χ1v) is 8.09. The number of carbonyl (C=O) groups is 1. The standard InChI is InChI=1S/C18H16ClN5O2/c1-26-15-10-6-5-9-13(15)20-18(25)17(19)24-23-16-11-14(21-22-16)12-7-3-2-4-8-12/h2-11H,1H3,(H,20,25)(H2,21,22,23). The molecule has 1 amide bonds. The number of aromatic amines is 1. The molecular formula is C18H16ClN5O2. The van der Waals surface area contributed by atoms with Crippen LogP contribution >= 0.6 is 11.6 Å². The molecule has 8 heteroatoms. The zero-order valence-electron chi connectivity index (χ0n) is 13.9. The van der Waals surface area contributed by atoms with Crippen molar-refractivity contribution in [3.8, 4) is 17.0 Å². The van der Waals surface area contributed by atoms with E-state index in [1.165, 1.54) is 7.11 Å². The molecule has 26 heavy (non-hydrogen) atoms. The molecule has 1 heterocycles. The van der Waals surface area contributed by atoms with Gasteiger partial charge in [0.15, 0.2) is 5.82 Å². The topological polar surface area (TPSA) is 91.4 Å². The van der Waals surface area contributed by atoms with E-state index < -0.39 is 5.91 Å². The predicted octanol–water partition coefficient (Wildman–Crippen LogP) is 3.69. The summed E-state index contributed by atoms with van der Waals surface area (Å²) in [5.41, 5.74) is 4.95. The van der Waals surface area contributed by atoms with Gasteiger partial charge in [-0.05, 0) is 17.7 Å². The number of methoxy groups -OCH3 is 1. The Labute approximate surface area is 155 Å². The third-order valence-corrected chi connectivity index (χ3v) is 3.73. The van der Waals surface area contributed by atoms with Gasteiger partial charge in [-0.2, -0.15) is 10.2 Å². The van der Waals surface area contributed by atoms with Gasteiger partial charge >= 0.3 is 0 Å². The van der Waals surface area contributed by atoms with Crippen LogP contribution in [0.4, 0.5) is 11.5 Å². The molecule has 0 bridgehead atoms. The fraction of sp³-hybridized carbons (Fsp3) is 0.0556. The molecular weight excluding hydrogens is 354 g/mol. The van der Waals surface area contributed by atoms with Gasteiger partial charge < -0.3 is 10.1 Å². The van der Waals surface area contributed by atoms with E-state index in [9.17, 15) is 4.79 Å². The molecule has 3 rings (SSSR count). The molecule has 1 aromatic heterocycles. The Kier molecular flexibility index (Phi) is 5.50. The number of nitrogens with zero attached hydrogens (tertiary/aromatic N) is 2. The van der Waals surface area contributed by atoms with Gasteiger partial charge in [0.25, 0.3) is 5.91 Å². The van der Waals surface area contributed by atoms with E-state index in [0.29, 0.717) is 17.3 Å². The molecule has 0 unspecified atom stereocenters. The van der Waals surface area contributed by atoms with Crippen LogP contribution in [-0.2, 0) is 4.79 Å². The molecule has 0 saturated heterocycles. The zero-order valence-corrected chi connectivity index (χ0v) is 14.6. The molecule has 0 fully saturated rings. The molecule has 7 nitrogen and oxygen atoms in total. The van der Waals surface area contributed by atoms with Crippen molar-refractivity contribution in [3.05, 3.63) is 60.7 Å². The third kappa shape index (κ3) is 4.20. The summed E-state index contributed by atoms with van der Waals surface area (Å²) < 4.78 is 5.17. The summed E-state index contributed by atoms with van der Waals surface area (Å²) in [5, 5.41) is 13.2. The highest BCUT2D eigenvalue weighted by Crippen LogP contribution is 2.23. The van der Waals surface area contributed by atoms with Crippen LogP contribution in [0.3, 0.4) is 0 Å². The van der Waals surface area contributed by atoms with Crippen molar-refractivity contribution in [2.75, 3.05) is 17.9 Å². The number of benzene rings is 2. The number of nitrogens with one attached hydrogen (secondary N) is 3. The second-order valence-electron chi connectivity index (χ2n) is 5.20. The lowest BCUT2D eigenvalue weighted by atomic mass is 10.2. The first-order valence-electron chi connectivity index (χ1n) is 7.72. The SMILES string of the molecule is COc1ccccc1NC(=O)C(Cl)=NNc1cc(-c2ccccc2)[nH]n1. The van der Waals surface area contributed by atoms with Crippen molar-refractivity contribution < 1.29 is 9.53 Å². The summed E-state index contributed by atoms with van der Waals surface area (Å²) in [4.78, 5) is 12.1. The minimum atomic E-state index is -0.567. The molecule has 0 saturated carbocycles. The first kappa shape index (κ1) is 17.5. The maximum absolute atomic E-state index is 12.1. The Morgan fingerprint density at radius 1 is 1.15 bits per heavy atom. The summed E-state index contributed by atoms with van der Waals surface area (Å²) in [5.74, 6) is 0.396. The van der Waals surface area contributed by atoms with E-state index in [-0.39, 0.29) is 5.17 Å². The lowest BCUT2D eigenvalue weighted by molar-refractivity contribution is -0.110. The van der Waals surface area contributed by atoms with Crippen molar-refractivity contribution in [2.24, 2.45) is 5.10 Å². The van der Waals surface area contributed by atoms with Gasteiger partial charge in [0, 0.05) is 6.07 Å². The zero-order chi connectivity index (χ0) is 18.4. The molecule has 0 aliphatic heterocycles. The van der Waals surface area contributed by atoms with Crippen molar-refractivity contribution in [1.82, 2.24) is 10.2 Å². The summed E-state index contributed by atoms with van der Waals surface area (Å²) in [7, 11) is 1.52. The number of hydrogen-bond donors (Lipinski definition) is 3. The number of hydrazone groups is 1. The highest BCUT2D eigenvalue weighted by molar-refractivity contribution is 6.84. The fourth-order valence-corrected chi connectivity index (χ4v) is 2.31. The second-order valence-corrected chi connectivity index (χ2v) is 5.56. The fourth-order valence-electron chi connectivity index (χ4n) is 2.22. The number of anilines is 2. The molecule has 0 atom stereocenters. The average molecular weight is 370 g/mol. The van der Waals surface area contributed by atoms with Gasteiger partial charge in [-0.15, -0.1) is 0 Å². The summed E-state index contributed by atoms with van der Waals surface area (Å²) >= 11 is 5.95. The average Bonchev–Trinajstić information content (AvgIpc) is 3.16. The predicted molar refractivity (Wildman–Crippen MR) is 103 cm³/mol. The molecule has 0 aliphatic rings. The van der Waals surface area contributed by atoms with Gasteiger partial charge in [0.2, 0.25) is 5.17 Å². The quantitative estimate of drug-likeness (QED) is 0.456. The Morgan fingerprint density at radius 2 is 1.88 bits per heavy atom. The number of amides is 1. The number of carbonyl (C=O) groups excluding carboxylic acids is 1. The van der Waals surface area contributed by atoms with Crippen LogP contribution in [0.5, 0.6) is 5.75 Å². The monoisotopic (exact) mass is 369 g/mol. The van der Waals surface area contributed by atoms with Crippen LogP contribution in [0.2, 0.25) is 0 Å². The molecule has 132 valence electrons. The van der Waals surface area contributed by atoms with E-state index in [2.05, 4.69) is 26.0 Å². The maximum Gasteiger partial charge on any atom is 0.287 e. The minimum absolute atomic E-state index is 0.264. The van der Waals surface area contributed by atoms with E-state index in [4.69, 9.17) is 16.3 Å². The number of aromatic nitrogens is 2. The number of hydrogen-bond acceptors (Lipinski definition) is 5. The van der Waals surface area contributed by atoms with Crippen molar-refractivity contribution in [1.29, 1.82) is 0 Å². The van der Waals surface area contributed by atoms with Crippen LogP contribution < -0.4 is 15.5 Å². The molecule has 3 N–H and O–H groups in total. The number of ether oxygens (including phenoxy) is 1. The van der Waals surface area contributed by atoms with Crippen molar-refractivity contribution >= 4 is 34.2 Å². The van der Waals surface area contributed by atoms with Gasteiger partial charge in [-0.25, -0.2) is 0 Å². The van der Waals surface area contributed by atoms with E-state index in [1.807, 2.05) is 30.3 Å². The van der Waals surface area contributed by atoms with Crippen LogP contribution in [0.1, 0.15) is 0 Å². The van der Waals surface area contributed by atoms with Crippen LogP contribution in [0.15, 0.2) is 65.8 Å². The Bertz CT molecular complexity index is 924. The normalized spacial score (nSPS) is 11.1. The Hall–Kier alpha value is -3.32. The molecule has 0 spiro atoms. The van der Waals surface area contributed by atoms with Gasteiger partial charge in [-0.1, -0.05) is 54.1 Å². The lowest BCUT2D eigenvalue weighted by Crippen LogP contribution is -2.20. The lowest BCUT2D eigenvalue weighted by Gasteiger charge is -2.08. The highest BCUT2D eigenvalue weighted by Gasteiger charge is 2.12. The van der Waals surface area contributed by atoms with E-state index >= 15 is 0 Å². The molecule has 0 radical (unpaired) electrons. The highest BCUT2D eigenvalue weighted by atomic mass is 35.5. The van der Waals surface area contributed by atoms with Crippen LogP contribution in [-0.4, -0.2) is 28.4 Å². The number of H-pyrrole nitrogens is 1. The smallest absolute Gasteiger partial charge is 0.287 e. The maximum atomic E-state index is 12.1. The third-order valence-electron chi connectivity index (χ3n) is 3.47. The summed E-state index contributed by atoms with van der Waals surface area (Å²) in [6, 6.07) is 18.5. The minimum Gasteiger partial charge on any atom is -0.495 e.